The van der Waals surface area contributed by atoms with Gasteiger partial charge in [-0.3, -0.25) is 0 Å². The molecule has 0 fully saturated rings. The first-order chi connectivity index (χ1) is 22.3. The summed E-state index contributed by atoms with van der Waals surface area (Å²) in [4.78, 5) is 0. The lowest BCUT2D eigenvalue weighted by Crippen LogP contribution is -2.74. The molecule has 1 N–H and O–H groups in total. The van der Waals surface area contributed by atoms with E-state index in [1.54, 1.807) is 0 Å². The summed E-state index contributed by atoms with van der Waals surface area (Å²) in [5.74, 6) is 0. The van der Waals surface area contributed by atoms with Gasteiger partial charge in [-0.15, -0.1) is 0 Å². The summed E-state index contributed by atoms with van der Waals surface area (Å²) in [5.41, 5.74) is 6.06. The zero-order valence-electron chi connectivity index (χ0n) is 24.7. The van der Waals surface area contributed by atoms with E-state index in [9.17, 15) is 0 Å². The topological polar surface area (TPSA) is 25.2 Å². The van der Waals surface area contributed by atoms with Gasteiger partial charge in [0.05, 0.1) is 5.69 Å². The van der Waals surface area contributed by atoms with Crippen molar-refractivity contribution in [3.63, 3.8) is 0 Å². The third kappa shape index (κ3) is 4.66. The predicted molar refractivity (Wildman–Crippen MR) is 192 cm³/mol. The molecular weight excluding hydrogens is 563 g/mol. The number of benzene rings is 7. The van der Waals surface area contributed by atoms with Gasteiger partial charge in [0.25, 0.3) is 0 Å². The van der Waals surface area contributed by atoms with Crippen LogP contribution in [0.1, 0.15) is 0 Å². The Balaban J connectivity index is 1.24. The molecule has 0 saturated carbocycles. The molecule has 3 heteroatoms. The van der Waals surface area contributed by atoms with Gasteiger partial charge in [0.2, 0.25) is 0 Å². The van der Waals surface area contributed by atoms with Gasteiger partial charge < -0.3 is 9.73 Å². The van der Waals surface area contributed by atoms with Gasteiger partial charge in [0.15, 0.2) is 13.7 Å². The highest BCUT2D eigenvalue weighted by molar-refractivity contribution is 7.19. The summed E-state index contributed by atoms with van der Waals surface area (Å²) in [5, 5.41) is 11.4. The maximum absolute atomic E-state index is 6.32. The number of nitrogens with one attached hydrogen (secondary N) is 1. The second-order valence-electron chi connectivity index (χ2n) is 11.4. The first-order valence-electron chi connectivity index (χ1n) is 15.4. The van der Waals surface area contributed by atoms with E-state index in [-0.39, 0.29) is 0 Å². The van der Waals surface area contributed by atoms with Crippen molar-refractivity contribution < 1.29 is 4.42 Å². The molecule has 0 atom stereocenters. The van der Waals surface area contributed by atoms with Crippen molar-refractivity contribution in [2.45, 2.75) is 0 Å². The number of hydrogen-bond acceptors (Lipinski definition) is 2. The lowest BCUT2D eigenvalue weighted by Gasteiger charge is -2.34. The maximum atomic E-state index is 6.32. The number of fused-ring (bicyclic) bond motifs is 3. The highest BCUT2D eigenvalue weighted by Gasteiger charge is 2.41. The Morgan fingerprint density at radius 1 is 0.378 bits per heavy atom. The fourth-order valence-corrected chi connectivity index (χ4v) is 11.5. The molecule has 0 unspecified atom stereocenters. The molecule has 2 nitrogen and oxygen atoms in total. The van der Waals surface area contributed by atoms with Crippen molar-refractivity contribution in [2.24, 2.45) is 0 Å². The molecular formula is C42H31NOSi. The van der Waals surface area contributed by atoms with Gasteiger partial charge in [-0.05, 0) is 44.5 Å². The third-order valence-corrected chi connectivity index (χ3v) is 13.6. The maximum Gasteiger partial charge on any atom is 0.179 e. The Kier molecular flexibility index (Phi) is 6.86. The Bertz CT molecular complexity index is 2130. The van der Waals surface area contributed by atoms with Crippen LogP contribution >= 0.6 is 0 Å². The average molecular weight is 594 g/mol. The van der Waals surface area contributed by atoms with E-state index in [1.165, 1.54) is 20.7 Å². The Morgan fingerprint density at radius 3 is 1.51 bits per heavy atom. The lowest BCUT2D eigenvalue weighted by molar-refractivity contribution is 0.670. The van der Waals surface area contributed by atoms with Crippen molar-refractivity contribution in [3.05, 3.63) is 182 Å². The van der Waals surface area contributed by atoms with Crippen LogP contribution in [0.25, 0.3) is 33.1 Å². The smallest absolute Gasteiger partial charge is 0.179 e. The predicted octanol–water partition coefficient (Wildman–Crippen LogP) is 8.37. The molecule has 45 heavy (non-hydrogen) atoms. The average Bonchev–Trinajstić information content (AvgIpc) is 3.51. The second kappa shape index (κ2) is 11.5. The van der Waals surface area contributed by atoms with E-state index in [1.807, 2.05) is 12.1 Å². The largest absolute Gasteiger partial charge is 0.454 e. The Morgan fingerprint density at radius 2 is 0.867 bits per heavy atom. The zero-order chi connectivity index (χ0) is 30.1. The molecule has 7 aromatic carbocycles. The molecule has 0 aliphatic carbocycles. The fourth-order valence-electron chi connectivity index (χ4n) is 6.80. The number of anilines is 2. The van der Waals surface area contributed by atoms with E-state index >= 15 is 0 Å². The van der Waals surface area contributed by atoms with Crippen molar-refractivity contribution in [1.29, 1.82) is 0 Å². The van der Waals surface area contributed by atoms with Crippen LogP contribution < -0.4 is 26.1 Å². The van der Waals surface area contributed by atoms with Crippen LogP contribution in [-0.4, -0.2) is 8.07 Å². The van der Waals surface area contributed by atoms with Crippen LogP contribution in [0.15, 0.2) is 186 Å². The highest BCUT2D eigenvalue weighted by Crippen LogP contribution is 2.37. The molecule has 8 rings (SSSR count). The molecule has 214 valence electrons. The molecule has 0 amide bonds. The summed E-state index contributed by atoms with van der Waals surface area (Å²) in [7, 11) is -2.57. The standard InChI is InChI=1S/C42H31NOSi/c1-4-15-32(16-5-1)45(33-17-6-2-7-18-33,34-19-8-3-9-20-34)35-29-27-31(28-30-35)36-21-10-12-24-39(36)43-40-25-14-23-38-37-22-11-13-26-41(37)44-42(38)40/h1-30,43H. The van der Waals surface area contributed by atoms with Crippen LogP contribution in [0, 0.1) is 0 Å². The van der Waals surface area contributed by atoms with Gasteiger partial charge in [-0.25, -0.2) is 0 Å². The SMILES string of the molecule is c1ccc([Si](c2ccccc2)(c2ccccc2)c2ccc(-c3ccccc3Nc3cccc4c3oc3ccccc34)cc2)cc1. The summed E-state index contributed by atoms with van der Waals surface area (Å²) in [6.45, 7) is 0. The molecule has 1 heterocycles. The van der Waals surface area contributed by atoms with Crippen molar-refractivity contribution >= 4 is 62.1 Å². The molecule has 0 bridgehead atoms. The minimum absolute atomic E-state index is 0.869. The third-order valence-electron chi connectivity index (χ3n) is 8.85. The zero-order valence-corrected chi connectivity index (χ0v) is 25.7. The number of hydrogen-bond donors (Lipinski definition) is 1. The van der Waals surface area contributed by atoms with Crippen molar-refractivity contribution in [2.75, 3.05) is 5.32 Å². The van der Waals surface area contributed by atoms with Gasteiger partial charge in [-0.1, -0.05) is 164 Å². The first-order valence-corrected chi connectivity index (χ1v) is 17.4. The van der Waals surface area contributed by atoms with E-state index in [0.29, 0.717) is 0 Å². The number of furan rings is 1. The molecule has 0 radical (unpaired) electrons. The fraction of sp³-hybridized carbons (Fsp3) is 0. The van der Waals surface area contributed by atoms with E-state index in [0.717, 1.165) is 44.4 Å². The van der Waals surface area contributed by atoms with Crippen molar-refractivity contribution in [3.8, 4) is 11.1 Å². The van der Waals surface area contributed by atoms with Crippen LogP contribution in [0.3, 0.4) is 0 Å². The number of rotatable bonds is 7. The molecule has 0 spiro atoms. The van der Waals surface area contributed by atoms with E-state index in [2.05, 4.69) is 175 Å². The molecule has 8 aromatic rings. The van der Waals surface area contributed by atoms with Gasteiger partial charge in [-0.2, -0.15) is 0 Å². The lowest BCUT2D eigenvalue weighted by atomic mass is 10.0. The number of para-hydroxylation sites is 3. The summed E-state index contributed by atoms with van der Waals surface area (Å²) in [6.07, 6.45) is 0. The molecule has 1 aromatic heterocycles. The minimum Gasteiger partial charge on any atom is -0.454 e. The molecule has 0 aliphatic rings. The second-order valence-corrected chi connectivity index (χ2v) is 15.2. The van der Waals surface area contributed by atoms with Crippen LogP contribution in [0.2, 0.25) is 0 Å². The minimum atomic E-state index is -2.57. The van der Waals surface area contributed by atoms with Gasteiger partial charge in [0, 0.05) is 22.0 Å². The van der Waals surface area contributed by atoms with E-state index in [4.69, 9.17) is 4.42 Å². The molecule has 0 aliphatic heterocycles. The van der Waals surface area contributed by atoms with Gasteiger partial charge >= 0.3 is 0 Å². The first kappa shape index (κ1) is 26.9. The Labute approximate surface area is 264 Å². The van der Waals surface area contributed by atoms with Crippen LogP contribution in [-0.2, 0) is 0 Å². The summed E-state index contributed by atoms with van der Waals surface area (Å²) < 4.78 is 6.32. The summed E-state index contributed by atoms with van der Waals surface area (Å²) in [6, 6.07) is 65.5. The van der Waals surface area contributed by atoms with Gasteiger partial charge in [0.1, 0.15) is 5.58 Å². The monoisotopic (exact) mass is 593 g/mol. The van der Waals surface area contributed by atoms with Crippen LogP contribution in [0.4, 0.5) is 11.4 Å². The van der Waals surface area contributed by atoms with Crippen molar-refractivity contribution in [1.82, 2.24) is 0 Å². The Hall–Kier alpha value is -5.64. The van der Waals surface area contributed by atoms with E-state index < -0.39 is 8.07 Å². The normalized spacial score (nSPS) is 11.6. The molecule has 0 saturated heterocycles. The van der Waals surface area contributed by atoms with Crippen LogP contribution in [0.5, 0.6) is 0 Å². The highest BCUT2D eigenvalue weighted by atomic mass is 28.3. The summed E-state index contributed by atoms with van der Waals surface area (Å²) >= 11 is 0. The quantitative estimate of drug-likeness (QED) is 0.148.